The Labute approximate surface area is 99.7 Å². The molecule has 0 spiro atoms. The summed E-state index contributed by atoms with van der Waals surface area (Å²) < 4.78 is 0. The number of rotatable bonds is 5. The second kappa shape index (κ2) is 6.41. The first-order valence-electron chi connectivity index (χ1n) is 5.12. The molecule has 4 heteroatoms. The van der Waals surface area contributed by atoms with Crippen LogP contribution in [0.2, 0.25) is 0 Å². The lowest BCUT2D eigenvalue weighted by molar-refractivity contribution is 0.275. The van der Waals surface area contributed by atoms with Gasteiger partial charge in [0.15, 0.2) is 0 Å². The number of aliphatic hydroxyl groups excluding tert-OH is 1. The molecule has 3 nitrogen and oxygen atoms in total. The molecule has 16 heavy (non-hydrogen) atoms. The van der Waals surface area contributed by atoms with Crippen molar-refractivity contribution in [3.8, 4) is 11.2 Å². The highest BCUT2D eigenvalue weighted by Crippen LogP contribution is 2.26. The summed E-state index contributed by atoms with van der Waals surface area (Å²) in [6.45, 7) is 1.92. The van der Waals surface area contributed by atoms with E-state index < -0.39 is 0 Å². The first-order valence-corrected chi connectivity index (χ1v) is 6.11. The van der Waals surface area contributed by atoms with Crippen molar-refractivity contribution in [3.05, 3.63) is 29.3 Å². The molecule has 0 bridgehead atoms. The van der Waals surface area contributed by atoms with Gasteiger partial charge in [-0.3, -0.25) is 0 Å². The van der Waals surface area contributed by atoms with Crippen LogP contribution >= 0.6 is 11.8 Å². The Hall–Kier alpha value is -1.18. The average Bonchev–Trinajstić information content (AvgIpc) is 2.30. The van der Waals surface area contributed by atoms with Gasteiger partial charge in [0.1, 0.15) is 11.2 Å². The summed E-state index contributed by atoms with van der Waals surface area (Å²) in [6, 6.07) is 5.28. The first kappa shape index (κ1) is 12.9. The average molecular weight is 237 g/mol. The largest absolute Gasteiger partial charge is 0.508 e. The van der Waals surface area contributed by atoms with E-state index in [0.717, 1.165) is 17.7 Å². The quantitative estimate of drug-likeness (QED) is 0.610. The molecule has 2 N–H and O–H groups in total. The van der Waals surface area contributed by atoms with E-state index in [2.05, 4.69) is 6.92 Å². The monoisotopic (exact) mass is 237 g/mol. The number of thiocyanates is 1. The molecule has 0 saturated carbocycles. The number of thioether (sulfide) groups is 1. The Morgan fingerprint density at radius 1 is 1.50 bits per heavy atom. The number of hydrogen-bond donors (Lipinski definition) is 2. The Morgan fingerprint density at radius 3 is 2.88 bits per heavy atom. The molecule has 0 aromatic heterocycles. The van der Waals surface area contributed by atoms with Crippen molar-refractivity contribution in [1.82, 2.24) is 0 Å². The smallest absolute Gasteiger partial charge is 0.133 e. The van der Waals surface area contributed by atoms with Crippen molar-refractivity contribution in [2.24, 2.45) is 0 Å². The Kier molecular flexibility index (Phi) is 5.17. The van der Waals surface area contributed by atoms with E-state index in [0.29, 0.717) is 11.5 Å². The third-order valence-corrected chi connectivity index (χ3v) is 3.13. The van der Waals surface area contributed by atoms with Gasteiger partial charge in [-0.1, -0.05) is 13.0 Å². The van der Waals surface area contributed by atoms with Crippen LogP contribution in [0.3, 0.4) is 0 Å². The Bertz CT molecular complexity index is 387. The van der Waals surface area contributed by atoms with Crippen molar-refractivity contribution in [2.45, 2.75) is 25.9 Å². The molecule has 0 saturated heterocycles. The standard InChI is InChI=1S/C12H15NO2S/c1-9(4-5-16-8-13)10-2-3-12(15)11(6-10)7-14/h2-3,6,9,14-15H,4-5,7H2,1H3. The normalized spacial score (nSPS) is 12.1. The summed E-state index contributed by atoms with van der Waals surface area (Å²) in [5, 5.41) is 28.9. The fourth-order valence-corrected chi connectivity index (χ4v) is 2.05. The minimum absolute atomic E-state index is 0.129. The molecule has 1 aromatic rings. The maximum atomic E-state index is 9.42. The zero-order chi connectivity index (χ0) is 12.0. The van der Waals surface area contributed by atoms with Crippen molar-refractivity contribution < 1.29 is 10.2 Å². The lowest BCUT2D eigenvalue weighted by Crippen LogP contribution is -1.97. The molecule has 1 aromatic carbocycles. The summed E-state index contributed by atoms with van der Waals surface area (Å²) in [7, 11) is 0. The van der Waals surface area contributed by atoms with Gasteiger partial charge in [-0.2, -0.15) is 5.26 Å². The fourth-order valence-electron chi connectivity index (χ4n) is 1.49. The molecule has 0 aliphatic heterocycles. The zero-order valence-corrected chi connectivity index (χ0v) is 10.00. The predicted octanol–water partition coefficient (Wildman–Crippen LogP) is 2.59. The van der Waals surface area contributed by atoms with Gasteiger partial charge in [0.25, 0.3) is 0 Å². The molecule has 0 amide bonds. The van der Waals surface area contributed by atoms with Gasteiger partial charge < -0.3 is 10.2 Å². The van der Waals surface area contributed by atoms with E-state index in [1.165, 1.54) is 11.8 Å². The Morgan fingerprint density at radius 2 is 2.25 bits per heavy atom. The van der Waals surface area contributed by atoms with Crippen molar-refractivity contribution in [2.75, 3.05) is 5.75 Å². The molecular formula is C12H15NO2S. The van der Waals surface area contributed by atoms with Gasteiger partial charge in [0, 0.05) is 11.3 Å². The summed E-state index contributed by atoms with van der Waals surface area (Å²) in [4.78, 5) is 0. The third kappa shape index (κ3) is 3.44. The van der Waals surface area contributed by atoms with Crippen molar-refractivity contribution in [3.63, 3.8) is 0 Å². The van der Waals surface area contributed by atoms with Crippen LogP contribution in [-0.2, 0) is 6.61 Å². The summed E-state index contributed by atoms with van der Waals surface area (Å²) >= 11 is 1.25. The van der Waals surface area contributed by atoms with Gasteiger partial charge in [0.05, 0.1) is 6.61 Å². The SMILES string of the molecule is CC(CCSC#N)c1ccc(O)c(CO)c1. The lowest BCUT2D eigenvalue weighted by atomic mass is 9.96. The van der Waals surface area contributed by atoms with Crippen molar-refractivity contribution in [1.29, 1.82) is 5.26 Å². The number of hydrogen-bond acceptors (Lipinski definition) is 4. The highest BCUT2D eigenvalue weighted by molar-refractivity contribution is 8.03. The van der Waals surface area contributed by atoms with Crippen LogP contribution in [0, 0.1) is 10.7 Å². The van der Waals surface area contributed by atoms with Gasteiger partial charge in [-0.05, 0) is 41.8 Å². The molecule has 1 rings (SSSR count). The third-order valence-electron chi connectivity index (χ3n) is 2.56. The van der Waals surface area contributed by atoms with E-state index >= 15 is 0 Å². The highest BCUT2D eigenvalue weighted by atomic mass is 32.2. The number of aromatic hydroxyl groups is 1. The van der Waals surface area contributed by atoms with Crippen LogP contribution in [0.4, 0.5) is 0 Å². The molecule has 0 aliphatic carbocycles. The highest BCUT2D eigenvalue weighted by Gasteiger charge is 2.08. The van der Waals surface area contributed by atoms with Crippen LogP contribution in [0.15, 0.2) is 18.2 Å². The molecular weight excluding hydrogens is 222 g/mol. The van der Waals surface area contributed by atoms with E-state index in [9.17, 15) is 5.11 Å². The van der Waals surface area contributed by atoms with Crippen LogP contribution in [0.1, 0.15) is 30.4 Å². The number of nitrogens with zero attached hydrogens (tertiary/aromatic N) is 1. The van der Waals surface area contributed by atoms with Gasteiger partial charge >= 0.3 is 0 Å². The minimum Gasteiger partial charge on any atom is -0.508 e. The molecule has 86 valence electrons. The predicted molar refractivity (Wildman–Crippen MR) is 65.1 cm³/mol. The summed E-state index contributed by atoms with van der Waals surface area (Å²) in [5.41, 5.74) is 1.64. The van der Waals surface area contributed by atoms with Gasteiger partial charge in [-0.15, -0.1) is 0 Å². The van der Waals surface area contributed by atoms with E-state index in [1.807, 2.05) is 17.5 Å². The maximum Gasteiger partial charge on any atom is 0.133 e. The minimum atomic E-state index is -0.153. The summed E-state index contributed by atoms with van der Waals surface area (Å²) in [6.07, 6.45) is 0.911. The van der Waals surface area contributed by atoms with Gasteiger partial charge in [0.2, 0.25) is 0 Å². The number of nitriles is 1. The first-order chi connectivity index (χ1) is 7.69. The lowest BCUT2D eigenvalue weighted by Gasteiger charge is -2.12. The number of aliphatic hydroxyl groups is 1. The van der Waals surface area contributed by atoms with E-state index in [4.69, 9.17) is 10.4 Å². The fraction of sp³-hybridized carbons (Fsp3) is 0.417. The number of phenols is 1. The molecule has 0 heterocycles. The van der Waals surface area contributed by atoms with Gasteiger partial charge in [-0.25, -0.2) is 0 Å². The summed E-state index contributed by atoms with van der Waals surface area (Å²) in [5.74, 6) is 1.25. The second-order valence-corrected chi connectivity index (χ2v) is 4.56. The van der Waals surface area contributed by atoms with Crippen LogP contribution in [0.5, 0.6) is 5.75 Å². The molecule has 0 fully saturated rings. The molecule has 1 atom stereocenters. The second-order valence-electron chi connectivity index (χ2n) is 3.68. The van der Waals surface area contributed by atoms with Crippen LogP contribution in [-0.4, -0.2) is 16.0 Å². The van der Waals surface area contributed by atoms with Crippen molar-refractivity contribution >= 4 is 11.8 Å². The van der Waals surface area contributed by atoms with Crippen LogP contribution in [0.25, 0.3) is 0 Å². The zero-order valence-electron chi connectivity index (χ0n) is 9.18. The number of benzene rings is 1. The van der Waals surface area contributed by atoms with Crippen LogP contribution < -0.4 is 0 Å². The molecule has 0 aliphatic rings. The van der Waals surface area contributed by atoms with E-state index in [1.54, 1.807) is 6.07 Å². The molecule has 1 unspecified atom stereocenters. The molecule has 0 radical (unpaired) electrons. The topological polar surface area (TPSA) is 64.2 Å². The maximum absolute atomic E-state index is 9.42. The van der Waals surface area contributed by atoms with E-state index in [-0.39, 0.29) is 12.4 Å². The Balaban J connectivity index is 2.69.